The predicted molar refractivity (Wildman–Crippen MR) is 165 cm³/mol. The van der Waals surface area contributed by atoms with Gasteiger partial charge in [-0.15, -0.1) is 0 Å². The van der Waals surface area contributed by atoms with Crippen molar-refractivity contribution in [2.45, 2.75) is 45.6 Å². The third-order valence-electron chi connectivity index (χ3n) is 7.35. The van der Waals surface area contributed by atoms with Gasteiger partial charge >= 0.3 is 16.1 Å². The number of furan rings is 1. The average Bonchev–Trinajstić information content (AvgIpc) is 3.36. The van der Waals surface area contributed by atoms with Gasteiger partial charge in [-0.1, -0.05) is 44.5 Å². The minimum Gasteiger partial charge on any atom is -0.449 e. The molecule has 44 heavy (non-hydrogen) atoms. The summed E-state index contributed by atoms with van der Waals surface area (Å²) in [6.07, 6.45) is 0.787. The van der Waals surface area contributed by atoms with Crippen molar-refractivity contribution >= 4 is 50.5 Å². The number of rotatable bonds is 5. The Balaban J connectivity index is 1.43. The highest BCUT2D eigenvalue weighted by Crippen LogP contribution is 2.36. The van der Waals surface area contributed by atoms with E-state index in [1.54, 1.807) is 29.2 Å². The van der Waals surface area contributed by atoms with Crippen molar-refractivity contribution in [3.8, 4) is 11.3 Å². The summed E-state index contributed by atoms with van der Waals surface area (Å²) in [5.41, 5.74) is 1.65. The number of benzene rings is 1. The average molecular weight is 643 g/mol. The Bertz CT molecular complexity index is 1900. The molecular weight excluding hydrogens is 611 g/mol. The van der Waals surface area contributed by atoms with Crippen LogP contribution in [-0.4, -0.2) is 66.6 Å². The zero-order valence-electron chi connectivity index (χ0n) is 25.1. The fourth-order valence-electron chi connectivity index (χ4n) is 5.24. The number of aromatic nitrogens is 2. The molecule has 0 unspecified atom stereocenters. The molecule has 0 bridgehead atoms. The summed E-state index contributed by atoms with van der Waals surface area (Å²) in [6, 6.07) is 12.6. The zero-order chi connectivity index (χ0) is 32.2. The Labute approximate surface area is 259 Å². The summed E-state index contributed by atoms with van der Waals surface area (Å²) in [5.74, 6) is -1.36. The van der Waals surface area contributed by atoms with Crippen LogP contribution in [0.2, 0.25) is 5.02 Å². The molecule has 13 heteroatoms. The number of nitrogens with zero attached hydrogens (tertiary/aromatic N) is 4. The molecule has 0 radical (unpaired) electrons. The van der Waals surface area contributed by atoms with E-state index < -0.39 is 27.4 Å². The predicted octanol–water partition coefficient (Wildman–Crippen LogP) is 5.84. The highest BCUT2D eigenvalue weighted by Gasteiger charge is 2.39. The summed E-state index contributed by atoms with van der Waals surface area (Å²) in [4.78, 5) is 38.8. The normalized spacial score (nSPS) is 15.5. The van der Waals surface area contributed by atoms with Crippen LogP contribution in [0.5, 0.6) is 0 Å². The van der Waals surface area contributed by atoms with Gasteiger partial charge in [0.05, 0.1) is 22.5 Å². The van der Waals surface area contributed by atoms with Crippen LogP contribution in [0.4, 0.5) is 10.2 Å². The Hall–Kier alpha value is -4.03. The topological polar surface area (TPSA) is 123 Å². The van der Waals surface area contributed by atoms with Crippen LogP contribution in [0, 0.1) is 5.82 Å². The van der Waals surface area contributed by atoms with Crippen LogP contribution >= 0.6 is 11.6 Å². The first-order chi connectivity index (χ1) is 20.4. The van der Waals surface area contributed by atoms with E-state index in [1.807, 2.05) is 45.6 Å². The van der Waals surface area contributed by atoms with Crippen LogP contribution in [0.15, 0.2) is 52.9 Å². The van der Waals surface area contributed by atoms with E-state index in [9.17, 15) is 22.4 Å². The van der Waals surface area contributed by atoms with Gasteiger partial charge < -0.3 is 18.4 Å². The highest BCUT2D eigenvalue weighted by atomic mass is 35.5. The lowest BCUT2D eigenvalue weighted by Crippen LogP contribution is -2.61. The van der Waals surface area contributed by atoms with E-state index in [-0.39, 0.29) is 27.8 Å². The highest BCUT2D eigenvalue weighted by molar-refractivity contribution is 7.86. The molecule has 1 aromatic carbocycles. The van der Waals surface area contributed by atoms with Gasteiger partial charge in [-0.25, -0.2) is 19.2 Å². The van der Waals surface area contributed by atoms with E-state index in [0.717, 1.165) is 11.8 Å². The molecule has 0 N–H and O–H groups in total. The quantitative estimate of drug-likeness (QED) is 0.247. The van der Waals surface area contributed by atoms with E-state index in [2.05, 4.69) is 9.17 Å². The van der Waals surface area contributed by atoms with Crippen LogP contribution in [0.1, 0.15) is 61.2 Å². The van der Waals surface area contributed by atoms with Gasteiger partial charge in [0.1, 0.15) is 17.2 Å². The maximum absolute atomic E-state index is 14.3. The van der Waals surface area contributed by atoms with Crippen molar-refractivity contribution in [3.63, 3.8) is 0 Å². The Kier molecular flexibility index (Phi) is 7.96. The molecule has 1 amide bonds. The van der Waals surface area contributed by atoms with Gasteiger partial charge in [-0.3, -0.25) is 4.79 Å². The number of carbonyl (C=O) groups excluding carboxylic acids is 2. The molecule has 1 fully saturated rings. The first kappa shape index (κ1) is 31.4. The summed E-state index contributed by atoms with van der Waals surface area (Å²) in [7, 11) is -3.99. The zero-order valence-corrected chi connectivity index (χ0v) is 26.7. The number of hydrogen-bond acceptors (Lipinski definition) is 9. The molecule has 4 heterocycles. The second-order valence-corrected chi connectivity index (χ2v) is 14.4. The number of fused-ring (bicyclic) bond motifs is 1. The van der Waals surface area contributed by atoms with Crippen LogP contribution in [-0.2, 0) is 19.7 Å². The second-order valence-electron chi connectivity index (χ2n) is 12.4. The van der Waals surface area contributed by atoms with Gasteiger partial charge in [0.25, 0.3) is 5.91 Å². The largest absolute Gasteiger partial charge is 0.449 e. The molecule has 0 atom stereocenters. The third kappa shape index (κ3) is 6.41. The first-order valence-corrected chi connectivity index (χ1v) is 16.0. The van der Waals surface area contributed by atoms with Crippen molar-refractivity contribution in [1.82, 2.24) is 14.9 Å². The van der Waals surface area contributed by atoms with E-state index in [0.29, 0.717) is 47.8 Å². The summed E-state index contributed by atoms with van der Waals surface area (Å²) >= 11 is 5.89. The molecule has 232 valence electrons. The van der Waals surface area contributed by atoms with Crippen molar-refractivity contribution in [3.05, 3.63) is 76.4 Å². The number of halogens is 2. The van der Waals surface area contributed by atoms with Crippen LogP contribution in [0.25, 0.3) is 22.4 Å². The summed E-state index contributed by atoms with van der Waals surface area (Å²) in [5, 5.41) is 0.0164. The molecular formula is C31H32ClFN4O6S. The number of pyridine rings is 2. The van der Waals surface area contributed by atoms with Gasteiger partial charge in [-0.2, -0.15) is 8.42 Å². The molecule has 5 rings (SSSR count). The standard InChI is InChI=1S/C31H32ClFN4O6S/c1-30(2,3)19-15-23(18-10-11-20(32)21(33)14-18)34-24-16-25(42-27(19)24)28(38)37-13-12-36(17-31(37,4)5)26-9-7-8-22(35-26)29(39)43-44(6,40)41/h7-11,14-16H,12-13,17H2,1-6H3. The number of carbonyl (C=O) groups is 2. The van der Waals surface area contributed by atoms with Gasteiger partial charge in [0, 0.05) is 36.8 Å². The second kappa shape index (κ2) is 11.2. The SMILES string of the molecule is CC(C)(C)c1cc(-c2ccc(Cl)c(F)c2)nc2cc(C(=O)N3CCN(c4cccc(C(=O)OS(C)(=O)=O)n4)CC3(C)C)oc12. The van der Waals surface area contributed by atoms with Crippen molar-refractivity contribution in [2.24, 2.45) is 0 Å². The Morgan fingerprint density at radius 1 is 1.07 bits per heavy atom. The van der Waals surface area contributed by atoms with Crippen LogP contribution in [0.3, 0.4) is 0 Å². The van der Waals surface area contributed by atoms with Gasteiger partial charge in [-0.05, 0) is 49.6 Å². The molecule has 0 aliphatic carbocycles. The van der Waals surface area contributed by atoms with Crippen molar-refractivity contribution < 1.29 is 31.0 Å². The molecule has 3 aromatic heterocycles. The lowest BCUT2D eigenvalue weighted by molar-refractivity contribution is 0.0483. The molecule has 0 spiro atoms. The molecule has 1 aliphatic heterocycles. The summed E-state index contributed by atoms with van der Waals surface area (Å²) < 4.78 is 47.7. The Morgan fingerprint density at radius 2 is 1.80 bits per heavy atom. The number of piperazine rings is 1. The molecule has 1 saturated heterocycles. The fraction of sp³-hybridized carbons (Fsp3) is 0.355. The van der Waals surface area contributed by atoms with Gasteiger partial charge in [0.15, 0.2) is 17.0 Å². The van der Waals surface area contributed by atoms with E-state index in [1.165, 1.54) is 18.2 Å². The first-order valence-electron chi connectivity index (χ1n) is 13.8. The van der Waals surface area contributed by atoms with E-state index in [4.69, 9.17) is 21.0 Å². The maximum atomic E-state index is 14.3. The lowest BCUT2D eigenvalue weighted by atomic mass is 9.86. The molecule has 4 aromatic rings. The fourth-order valence-corrected chi connectivity index (χ4v) is 5.72. The third-order valence-corrected chi connectivity index (χ3v) is 8.12. The number of hydrogen-bond donors (Lipinski definition) is 0. The Morgan fingerprint density at radius 3 is 2.43 bits per heavy atom. The molecule has 1 aliphatic rings. The number of anilines is 1. The van der Waals surface area contributed by atoms with Crippen molar-refractivity contribution in [1.29, 1.82) is 0 Å². The molecule has 10 nitrogen and oxygen atoms in total. The van der Waals surface area contributed by atoms with Gasteiger partial charge in [0.2, 0.25) is 0 Å². The molecule has 0 saturated carbocycles. The minimum atomic E-state index is -3.99. The van der Waals surface area contributed by atoms with E-state index >= 15 is 0 Å². The van der Waals surface area contributed by atoms with Crippen molar-refractivity contribution in [2.75, 3.05) is 30.8 Å². The smallest absolute Gasteiger partial charge is 0.372 e. The summed E-state index contributed by atoms with van der Waals surface area (Å²) in [6.45, 7) is 11.0. The number of amides is 1. The maximum Gasteiger partial charge on any atom is 0.372 e. The lowest BCUT2D eigenvalue weighted by Gasteiger charge is -2.47. The minimum absolute atomic E-state index is 0.0164. The monoisotopic (exact) mass is 642 g/mol. The van der Waals surface area contributed by atoms with Crippen LogP contribution < -0.4 is 4.90 Å².